The average molecular weight is 238 g/mol. The van der Waals surface area contributed by atoms with Gasteiger partial charge in [-0.3, -0.25) is 0 Å². The van der Waals surface area contributed by atoms with Gasteiger partial charge in [0.25, 0.3) is 0 Å². The van der Waals surface area contributed by atoms with Gasteiger partial charge in [-0.2, -0.15) is 0 Å². The first-order valence-electron chi connectivity index (χ1n) is 6.26. The van der Waals surface area contributed by atoms with Crippen LogP contribution in [0.3, 0.4) is 0 Å². The quantitative estimate of drug-likeness (QED) is 0.879. The standard InChI is InChI=1S/C12H18N2OS/c1-2-6-11-10(5-1)14-12(16-11)13-8-9-4-3-7-15-9/h9H,1-8H2,(H,13,14)/t9-/m0/s1. The van der Waals surface area contributed by atoms with Crippen LogP contribution in [0.15, 0.2) is 0 Å². The molecule has 1 aromatic rings. The third kappa shape index (κ3) is 2.23. The second kappa shape index (κ2) is 4.72. The van der Waals surface area contributed by atoms with Crippen LogP contribution in [-0.2, 0) is 17.6 Å². The molecule has 1 saturated heterocycles. The Kier molecular flexibility index (Phi) is 3.11. The summed E-state index contributed by atoms with van der Waals surface area (Å²) in [5.41, 5.74) is 1.34. The lowest BCUT2D eigenvalue weighted by molar-refractivity contribution is 0.120. The first kappa shape index (κ1) is 10.5. The second-order valence-electron chi connectivity index (χ2n) is 4.61. The summed E-state index contributed by atoms with van der Waals surface area (Å²) < 4.78 is 5.59. The minimum absolute atomic E-state index is 0.404. The van der Waals surface area contributed by atoms with Gasteiger partial charge in [-0.1, -0.05) is 0 Å². The lowest BCUT2D eigenvalue weighted by Crippen LogP contribution is -2.18. The molecule has 16 heavy (non-hydrogen) atoms. The zero-order valence-corrected chi connectivity index (χ0v) is 10.3. The Hall–Kier alpha value is -0.610. The molecule has 1 aromatic heterocycles. The highest BCUT2D eigenvalue weighted by atomic mass is 32.1. The fourth-order valence-electron chi connectivity index (χ4n) is 2.43. The summed E-state index contributed by atoms with van der Waals surface area (Å²) in [7, 11) is 0. The lowest BCUT2D eigenvalue weighted by Gasteiger charge is -2.08. The molecule has 2 heterocycles. The summed E-state index contributed by atoms with van der Waals surface area (Å²) in [6.07, 6.45) is 7.85. The van der Waals surface area contributed by atoms with E-state index in [1.54, 1.807) is 0 Å². The van der Waals surface area contributed by atoms with Crippen molar-refractivity contribution in [2.75, 3.05) is 18.5 Å². The van der Waals surface area contributed by atoms with E-state index in [0.717, 1.165) is 18.3 Å². The molecule has 1 N–H and O–H groups in total. The molecule has 0 unspecified atom stereocenters. The lowest BCUT2D eigenvalue weighted by atomic mass is 10.0. The number of nitrogens with zero attached hydrogens (tertiary/aromatic N) is 1. The van der Waals surface area contributed by atoms with Crippen molar-refractivity contribution in [2.24, 2.45) is 0 Å². The van der Waals surface area contributed by atoms with Crippen LogP contribution >= 0.6 is 11.3 Å². The average Bonchev–Trinajstić information content (AvgIpc) is 2.95. The van der Waals surface area contributed by atoms with Crippen molar-refractivity contribution in [2.45, 2.75) is 44.6 Å². The van der Waals surface area contributed by atoms with Crippen LogP contribution in [0.25, 0.3) is 0 Å². The van der Waals surface area contributed by atoms with Gasteiger partial charge in [0.2, 0.25) is 0 Å². The molecule has 1 aliphatic carbocycles. The normalized spacial score (nSPS) is 24.4. The van der Waals surface area contributed by atoms with Crippen LogP contribution in [0, 0.1) is 0 Å². The van der Waals surface area contributed by atoms with Crippen molar-refractivity contribution >= 4 is 16.5 Å². The molecule has 0 spiro atoms. The van der Waals surface area contributed by atoms with E-state index in [2.05, 4.69) is 10.3 Å². The summed E-state index contributed by atoms with van der Waals surface area (Å²) in [6.45, 7) is 1.85. The number of anilines is 1. The van der Waals surface area contributed by atoms with Crippen LogP contribution < -0.4 is 5.32 Å². The molecule has 1 atom stereocenters. The zero-order valence-electron chi connectivity index (χ0n) is 9.50. The molecular formula is C12H18N2OS. The van der Waals surface area contributed by atoms with Gasteiger partial charge >= 0.3 is 0 Å². The number of hydrogen-bond donors (Lipinski definition) is 1. The van der Waals surface area contributed by atoms with Crippen molar-refractivity contribution < 1.29 is 4.74 Å². The fraction of sp³-hybridized carbons (Fsp3) is 0.750. The summed E-state index contributed by atoms with van der Waals surface area (Å²) in [6, 6.07) is 0. The number of aryl methyl sites for hydroxylation is 2. The van der Waals surface area contributed by atoms with E-state index in [1.165, 1.54) is 49.1 Å². The van der Waals surface area contributed by atoms with Crippen molar-refractivity contribution in [3.8, 4) is 0 Å². The fourth-order valence-corrected chi connectivity index (χ4v) is 3.49. The van der Waals surface area contributed by atoms with Gasteiger partial charge in [0.1, 0.15) is 0 Å². The monoisotopic (exact) mass is 238 g/mol. The Morgan fingerprint density at radius 3 is 3.06 bits per heavy atom. The summed E-state index contributed by atoms with van der Waals surface area (Å²) >= 11 is 1.84. The third-order valence-corrected chi connectivity index (χ3v) is 4.47. The van der Waals surface area contributed by atoms with E-state index in [0.29, 0.717) is 6.10 Å². The van der Waals surface area contributed by atoms with Crippen LogP contribution in [0.4, 0.5) is 5.13 Å². The van der Waals surface area contributed by atoms with Crippen molar-refractivity contribution in [1.82, 2.24) is 4.98 Å². The van der Waals surface area contributed by atoms with E-state index < -0.39 is 0 Å². The summed E-state index contributed by atoms with van der Waals surface area (Å²) in [5, 5.41) is 4.53. The molecule has 3 nitrogen and oxygen atoms in total. The molecule has 0 aromatic carbocycles. The Morgan fingerprint density at radius 1 is 1.31 bits per heavy atom. The maximum absolute atomic E-state index is 5.59. The minimum Gasteiger partial charge on any atom is -0.376 e. The van der Waals surface area contributed by atoms with Crippen LogP contribution in [0.1, 0.15) is 36.3 Å². The van der Waals surface area contributed by atoms with Crippen molar-refractivity contribution in [3.05, 3.63) is 10.6 Å². The molecule has 2 aliphatic rings. The van der Waals surface area contributed by atoms with Gasteiger partial charge in [0.15, 0.2) is 5.13 Å². The topological polar surface area (TPSA) is 34.1 Å². The molecule has 0 bridgehead atoms. The van der Waals surface area contributed by atoms with E-state index in [9.17, 15) is 0 Å². The number of aromatic nitrogens is 1. The molecule has 0 radical (unpaired) electrons. The predicted octanol–water partition coefficient (Wildman–Crippen LogP) is 2.61. The number of nitrogens with one attached hydrogen (secondary N) is 1. The number of rotatable bonds is 3. The van der Waals surface area contributed by atoms with Gasteiger partial charge in [0.05, 0.1) is 11.8 Å². The van der Waals surface area contributed by atoms with E-state index in [4.69, 9.17) is 4.74 Å². The first-order chi connectivity index (χ1) is 7.92. The van der Waals surface area contributed by atoms with Gasteiger partial charge < -0.3 is 10.1 Å². The molecule has 4 heteroatoms. The smallest absolute Gasteiger partial charge is 0.183 e. The SMILES string of the molecule is C1CCc2sc(NC[C@@H]3CCCO3)nc2C1. The first-order valence-corrected chi connectivity index (χ1v) is 7.07. The maximum Gasteiger partial charge on any atom is 0.183 e. The van der Waals surface area contributed by atoms with Gasteiger partial charge in [-0.25, -0.2) is 4.98 Å². The molecule has 1 fully saturated rings. The van der Waals surface area contributed by atoms with E-state index >= 15 is 0 Å². The number of ether oxygens (including phenoxy) is 1. The highest BCUT2D eigenvalue weighted by Crippen LogP contribution is 2.29. The van der Waals surface area contributed by atoms with Gasteiger partial charge in [0, 0.05) is 18.0 Å². The Labute approximate surface area is 100 Å². The largest absolute Gasteiger partial charge is 0.376 e. The van der Waals surface area contributed by atoms with Crippen LogP contribution in [0.5, 0.6) is 0 Å². The van der Waals surface area contributed by atoms with Gasteiger partial charge in [-0.15, -0.1) is 11.3 Å². The predicted molar refractivity (Wildman–Crippen MR) is 66.2 cm³/mol. The maximum atomic E-state index is 5.59. The zero-order chi connectivity index (χ0) is 10.8. The molecular weight excluding hydrogens is 220 g/mol. The molecule has 0 amide bonds. The Bertz CT molecular complexity index is 334. The van der Waals surface area contributed by atoms with Crippen molar-refractivity contribution in [3.63, 3.8) is 0 Å². The van der Waals surface area contributed by atoms with Gasteiger partial charge in [-0.05, 0) is 38.5 Å². The Morgan fingerprint density at radius 2 is 2.25 bits per heavy atom. The highest BCUT2D eigenvalue weighted by molar-refractivity contribution is 7.15. The second-order valence-corrected chi connectivity index (χ2v) is 5.70. The molecule has 0 saturated carbocycles. The van der Waals surface area contributed by atoms with E-state index in [-0.39, 0.29) is 0 Å². The molecule has 88 valence electrons. The third-order valence-electron chi connectivity index (χ3n) is 3.35. The van der Waals surface area contributed by atoms with E-state index in [1.807, 2.05) is 11.3 Å². The number of hydrogen-bond acceptors (Lipinski definition) is 4. The van der Waals surface area contributed by atoms with Crippen LogP contribution in [0.2, 0.25) is 0 Å². The molecule has 1 aliphatic heterocycles. The number of fused-ring (bicyclic) bond motifs is 1. The Balaban J connectivity index is 1.59. The highest BCUT2D eigenvalue weighted by Gasteiger charge is 2.18. The number of thiazole rings is 1. The minimum atomic E-state index is 0.404. The molecule has 3 rings (SSSR count). The summed E-state index contributed by atoms with van der Waals surface area (Å²) in [4.78, 5) is 6.16. The summed E-state index contributed by atoms with van der Waals surface area (Å²) in [5.74, 6) is 0. The van der Waals surface area contributed by atoms with Crippen molar-refractivity contribution in [1.29, 1.82) is 0 Å². The van der Waals surface area contributed by atoms with Crippen LogP contribution in [-0.4, -0.2) is 24.2 Å².